The van der Waals surface area contributed by atoms with Gasteiger partial charge in [-0.3, -0.25) is 0 Å². The predicted molar refractivity (Wildman–Crippen MR) is 73.2 cm³/mol. The predicted octanol–water partition coefficient (Wildman–Crippen LogP) is 1.97. The van der Waals surface area contributed by atoms with Crippen molar-refractivity contribution in [1.29, 1.82) is 0 Å². The molecule has 2 rings (SSSR count). The van der Waals surface area contributed by atoms with Crippen molar-refractivity contribution in [3.05, 3.63) is 54.4 Å². The monoisotopic (exact) mass is 260 g/mol. The third kappa shape index (κ3) is 3.99. The second-order valence-corrected chi connectivity index (χ2v) is 4.21. The number of nitrogens with two attached hydrogens (primary N) is 1. The number of nitrogens with zero attached hydrogens (tertiary/aromatic N) is 3. The second-order valence-electron chi connectivity index (χ2n) is 4.21. The zero-order valence-corrected chi connectivity index (χ0v) is 10.7. The Balaban J connectivity index is 2.13. The van der Waals surface area contributed by atoms with Crippen molar-refractivity contribution < 1.29 is 4.39 Å². The van der Waals surface area contributed by atoms with Gasteiger partial charge < -0.3 is 10.6 Å². The fraction of sp³-hybridized carbons (Fsp3) is 0.286. The van der Waals surface area contributed by atoms with E-state index in [0.717, 1.165) is 24.5 Å². The Kier molecular flexibility index (Phi) is 4.80. The molecule has 0 bridgehead atoms. The maximum absolute atomic E-state index is 13.0. The lowest BCUT2D eigenvalue weighted by atomic mass is 10.2. The van der Waals surface area contributed by atoms with Gasteiger partial charge in [-0.2, -0.15) is 0 Å². The van der Waals surface area contributed by atoms with Gasteiger partial charge in [0.25, 0.3) is 0 Å². The van der Waals surface area contributed by atoms with Crippen molar-refractivity contribution in [1.82, 2.24) is 9.97 Å². The van der Waals surface area contributed by atoms with E-state index >= 15 is 0 Å². The van der Waals surface area contributed by atoms with Crippen LogP contribution in [0.15, 0.2) is 42.7 Å². The van der Waals surface area contributed by atoms with Gasteiger partial charge >= 0.3 is 0 Å². The van der Waals surface area contributed by atoms with Crippen molar-refractivity contribution in [3.63, 3.8) is 0 Å². The van der Waals surface area contributed by atoms with E-state index in [2.05, 4.69) is 14.9 Å². The first-order valence-electron chi connectivity index (χ1n) is 6.26. The molecule has 100 valence electrons. The van der Waals surface area contributed by atoms with Crippen molar-refractivity contribution in [3.8, 4) is 0 Å². The molecule has 19 heavy (non-hydrogen) atoms. The van der Waals surface area contributed by atoms with Crippen LogP contribution in [0.5, 0.6) is 0 Å². The molecular formula is C14H17FN4. The molecule has 2 N–H and O–H groups in total. The highest BCUT2D eigenvalue weighted by molar-refractivity contribution is 5.46. The summed E-state index contributed by atoms with van der Waals surface area (Å²) in [7, 11) is 0. The van der Waals surface area contributed by atoms with Gasteiger partial charge in [-0.1, -0.05) is 0 Å². The summed E-state index contributed by atoms with van der Waals surface area (Å²) in [6, 6.07) is 8.21. The first-order valence-corrected chi connectivity index (χ1v) is 6.26. The maximum Gasteiger partial charge on any atom is 0.147 e. The van der Waals surface area contributed by atoms with Crippen molar-refractivity contribution in [2.75, 3.05) is 18.0 Å². The molecule has 0 aliphatic rings. The first kappa shape index (κ1) is 13.4. The molecule has 0 saturated heterocycles. The van der Waals surface area contributed by atoms with E-state index < -0.39 is 0 Å². The van der Waals surface area contributed by atoms with Crippen molar-refractivity contribution in [2.45, 2.75) is 13.0 Å². The molecule has 0 radical (unpaired) electrons. The highest BCUT2D eigenvalue weighted by Crippen LogP contribution is 2.16. The Morgan fingerprint density at radius 2 is 1.79 bits per heavy atom. The van der Waals surface area contributed by atoms with E-state index in [1.165, 1.54) is 12.1 Å². The number of hydrogen-bond donors (Lipinski definition) is 1. The Hall–Kier alpha value is -2.01. The zero-order valence-electron chi connectivity index (χ0n) is 10.7. The lowest BCUT2D eigenvalue weighted by molar-refractivity contribution is 0.627. The number of benzene rings is 1. The van der Waals surface area contributed by atoms with Gasteiger partial charge in [0.15, 0.2) is 0 Å². The third-order valence-electron chi connectivity index (χ3n) is 2.78. The topological polar surface area (TPSA) is 55.0 Å². The molecule has 1 heterocycles. The Morgan fingerprint density at radius 1 is 1.11 bits per heavy atom. The van der Waals surface area contributed by atoms with Crippen LogP contribution in [0.1, 0.15) is 12.2 Å². The van der Waals surface area contributed by atoms with Crippen LogP contribution in [0.3, 0.4) is 0 Å². The molecule has 0 unspecified atom stereocenters. The van der Waals surface area contributed by atoms with Crippen LogP contribution >= 0.6 is 0 Å². The smallest absolute Gasteiger partial charge is 0.147 e. The summed E-state index contributed by atoms with van der Waals surface area (Å²) in [5.74, 6) is 0.502. The number of rotatable bonds is 6. The second kappa shape index (κ2) is 6.80. The molecule has 4 nitrogen and oxygen atoms in total. The fourth-order valence-electron chi connectivity index (χ4n) is 1.82. The van der Waals surface area contributed by atoms with Gasteiger partial charge in [0.05, 0.1) is 6.54 Å². The molecule has 0 spiro atoms. The van der Waals surface area contributed by atoms with Crippen LogP contribution < -0.4 is 10.6 Å². The normalized spacial score (nSPS) is 10.4. The summed E-state index contributed by atoms with van der Waals surface area (Å²) in [6.07, 6.45) is 4.30. The number of aromatic nitrogens is 2. The van der Waals surface area contributed by atoms with Gasteiger partial charge in [0.2, 0.25) is 0 Å². The number of hydrogen-bond acceptors (Lipinski definition) is 4. The van der Waals surface area contributed by atoms with E-state index in [-0.39, 0.29) is 5.82 Å². The Labute approximate surface area is 112 Å². The molecule has 2 aromatic rings. The summed E-state index contributed by atoms with van der Waals surface area (Å²) >= 11 is 0. The average Bonchev–Trinajstić information content (AvgIpc) is 2.45. The first-order chi connectivity index (χ1) is 9.29. The van der Waals surface area contributed by atoms with Gasteiger partial charge in [0.1, 0.15) is 11.6 Å². The molecule has 1 aromatic heterocycles. The van der Waals surface area contributed by atoms with Crippen LogP contribution in [0.25, 0.3) is 0 Å². The van der Waals surface area contributed by atoms with Crippen molar-refractivity contribution in [2.24, 2.45) is 5.73 Å². The Bertz CT molecular complexity index is 487. The molecule has 0 aliphatic carbocycles. The minimum Gasteiger partial charge on any atom is -0.364 e. The maximum atomic E-state index is 13.0. The van der Waals surface area contributed by atoms with Crippen LogP contribution in [0.4, 0.5) is 10.1 Å². The highest BCUT2D eigenvalue weighted by atomic mass is 19.1. The molecule has 0 fully saturated rings. The van der Waals surface area contributed by atoms with Gasteiger partial charge in [0, 0.05) is 24.6 Å². The molecule has 0 saturated carbocycles. The lowest BCUT2D eigenvalue weighted by Gasteiger charge is -2.23. The van der Waals surface area contributed by atoms with E-state index in [0.29, 0.717) is 13.1 Å². The largest absolute Gasteiger partial charge is 0.364 e. The molecule has 5 heteroatoms. The molecule has 0 atom stereocenters. The molecule has 1 aromatic carbocycles. The summed E-state index contributed by atoms with van der Waals surface area (Å²) in [4.78, 5) is 10.5. The third-order valence-corrected chi connectivity index (χ3v) is 2.78. The van der Waals surface area contributed by atoms with Crippen LogP contribution in [-0.4, -0.2) is 23.1 Å². The van der Waals surface area contributed by atoms with Crippen LogP contribution in [-0.2, 0) is 6.54 Å². The van der Waals surface area contributed by atoms with Crippen LogP contribution in [0, 0.1) is 5.82 Å². The summed E-state index contributed by atoms with van der Waals surface area (Å²) in [6.45, 7) is 2.00. The van der Waals surface area contributed by atoms with Crippen molar-refractivity contribution >= 4 is 5.69 Å². The van der Waals surface area contributed by atoms with E-state index in [1.807, 2.05) is 0 Å². The van der Waals surface area contributed by atoms with E-state index in [4.69, 9.17) is 5.73 Å². The minimum atomic E-state index is -0.238. The van der Waals surface area contributed by atoms with Crippen LogP contribution in [0.2, 0.25) is 0 Å². The molecule has 0 amide bonds. The summed E-state index contributed by atoms with van der Waals surface area (Å²) in [5.41, 5.74) is 6.50. The Morgan fingerprint density at radius 3 is 2.42 bits per heavy atom. The molecule has 0 aliphatic heterocycles. The summed E-state index contributed by atoms with van der Waals surface area (Å²) in [5, 5.41) is 0. The van der Waals surface area contributed by atoms with Gasteiger partial charge in [-0.25, -0.2) is 14.4 Å². The lowest BCUT2D eigenvalue weighted by Crippen LogP contribution is -2.26. The fourth-order valence-corrected chi connectivity index (χ4v) is 1.82. The molecular weight excluding hydrogens is 243 g/mol. The van der Waals surface area contributed by atoms with E-state index in [1.54, 1.807) is 30.6 Å². The number of anilines is 1. The summed E-state index contributed by atoms with van der Waals surface area (Å²) < 4.78 is 13.0. The SMILES string of the molecule is NCCCN(Cc1ncccn1)c1ccc(F)cc1. The average molecular weight is 260 g/mol. The zero-order chi connectivity index (χ0) is 13.5. The van der Waals surface area contributed by atoms with Gasteiger partial charge in [-0.05, 0) is 43.3 Å². The standard InChI is InChI=1S/C14H17FN4/c15-12-3-5-13(6-4-12)19(10-1-7-16)11-14-17-8-2-9-18-14/h2-6,8-9H,1,7,10-11,16H2. The number of halogens is 1. The van der Waals surface area contributed by atoms with E-state index in [9.17, 15) is 4.39 Å². The minimum absolute atomic E-state index is 0.238. The highest BCUT2D eigenvalue weighted by Gasteiger charge is 2.08. The quantitative estimate of drug-likeness (QED) is 0.862. The van der Waals surface area contributed by atoms with Gasteiger partial charge in [-0.15, -0.1) is 0 Å².